The first-order chi connectivity index (χ1) is 9.13. The van der Waals surface area contributed by atoms with Crippen molar-refractivity contribution in [2.75, 3.05) is 26.2 Å². The number of benzene rings is 1. The first kappa shape index (κ1) is 20.6. The van der Waals surface area contributed by atoms with E-state index in [1.807, 2.05) is 0 Å². The van der Waals surface area contributed by atoms with Crippen molar-refractivity contribution in [3.63, 3.8) is 0 Å². The molecule has 1 heterocycles. The second-order valence-corrected chi connectivity index (χ2v) is 5.29. The van der Waals surface area contributed by atoms with Gasteiger partial charge in [-0.2, -0.15) is 0 Å². The van der Waals surface area contributed by atoms with Gasteiger partial charge in [0.25, 0.3) is 0 Å². The highest BCUT2D eigenvalue weighted by Gasteiger charge is 2.27. The van der Waals surface area contributed by atoms with Crippen LogP contribution in [0.5, 0.6) is 0 Å². The summed E-state index contributed by atoms with van der Waals surface area (Å²) in [4.78, 5) is 2.37. The van der Waals surface area contributed by atoms with Crippen LogP contribution >= 0.6 is 24.8 Å². The lowest BCUT2D eigenvalue weighted by atomic mass is 9.90. The second-order valence-electron chi connectivity index (χ2n) is 5.29. The van der Waals surface area contributed by atoms with E-state index in [4.69, 9.17) is 0 Å². The van der Waals surface area contributed by atoms with Crippen molar-refractivity contribution in [1.82, 2.24) is 10.2 Å². The second kappa shape index (κ2) is 9.57. The van der Waals surface area contributed by atoms with Gasteiger partial charge in [-0.25, -0.2) is 8.78 Å². The molecule has 21 heavy (non-hydrogen) atoms. The van der Waals surface area contributed by atoms with Gasteiger partial charge in [0.15, 0.2) is 11.6 Å². The summed E-state index contributed by atoms with van der Waals surface area (Å²) in [5, 5.41) is 3.32. The minimum atomic E-state index is -0.771. The fourth-order valence-electron chi connectivity index (χ4n) is 2.78. The largest absolute Gasteiger partial charge is 0.314 e. The van der Waals surface area contributed by atoms with Crippen LogP contribution in [0.2, 0.25) is 0 Å². The summed E-state index contributed by atoms with van der Waals surface area (Å²) < 4.78 is 26.6. The third-order valence-electron chi connectivity index (χ3n) is 4.01. The van der Waals surface area contributed by atoms with Crippen molar-refractivity contribution in [3.05, 3.63) is 35.4 Å². The summed E-state index contributed by atoms with van der Waals surface area (Å²) in [5.41, 5.74) is 0.884. The Morgan fingerprint density at radius 3 is 2.29 bits per heavy atom. The third kappa shape index (κ3) is 5.06. The first-order valence-corrected chi connectivity index (χ1v) is 7.03. The molecular weight excluding hydrogens is 317 g/mol. The third-order valence-corrected chi connectivity index (χ3v) is 4.01. The highest BCUT2D eigenvalue weighted by atomic mass is 35.5. The number of rotatable bonds is 4. The molecule has 0 spiro atoms. The van der Waals surface area contributed by atoms with Crippen molar-refractivity contribution in [1.29, 1.82) is 0 Å². The molecule has 1 aromatic rings. The maximum atomic E-state index is 13.5. The standard InChI is InChI=1S/C15H22F2N2.2ClH/c1-3-11(2)15(19-8-6-18-7-9-19)12-4-5-13(16)14(17)10-12;;/h4-5,10-11,15,18H,3,6-9H2,1-2H3;2*1H/t11?,15-;;/m0../s1. The van der Waals surface area contributed by atoms with Gasteiger partial charge in [-0.15, -0.1) is 24.8 Å². The molecule has 1 saturated heterocycles. The Balaban J connectivity index is 0.00000200. The first-order valence-electron chi connectivity index (χ1n) is 7.03. The van der Waals surface area contributed by atoms with Crippen molar-refractivity contribution < 1.29 is 8.78 Å². The van der Waals surface area contributed by atoms with Gasteiger partial charge in [-0.3, -0.25) is 4.90 Å². The molecular formula is C15H24Cl2F2N2. The van der Waals surface area contributed by atoms with E-state index in [2.05, 4.69) is 24.1 Å². The summed E-state index contributed by atoms with van der Waals surface area (Å²) in [6.07, 6.45) is 1.02. The monoisotopic (exact) mass is 340 g/mol. The van der Waals surface area contributed by atoms with E-state index >= 15 is 0 Å². The fraction of sp³-hybridized carbons (Fsp3) is 0.600. The predicted octanol–water partition coefficient (Wildman–Crippen LogP) is 3.80. The van der Waals surface area contributed by atoms with Crippen molar-refractivity contribution >= 4 is 24.8 Å². The number of nitrogens with zero attached hydrogens (tertiary/aromatic N) is 1. The van der Waals surface area contributed by atoms with Gasteiger partial charge < -0.3 is 5.32 Å². The lowest BCUT2D eigenvalue weighted by molar-refractivity contribution is 0.128. The summed E-state index contributed by atoms with van der Waals surface area (Å²) in [6, 6.07) is 4.48. The van der Waals surface area contributed by atoms with Crippen LogP contribution in [0.3, 0.4) is 0 Å². The number of halogens is 4. The van der Waals surface area contributed by atoms with E-state index in [1.165, 1.54) is 12.1 Å². The topological polar surface area (TPSA) is 15.3 Å². The van der Waals surface area contributed by atoms with E-state index in [0.29, 0.717) is 5.92 Å². The zero-order chi connectivity index (χ0) is 13.8. The van der Waals surface area contributed by atoms with Crippen LogP contribution in [0, 0.1) is 17.6 Å². The predicted molar refractivity (Wildman–Crippen MR) is 87.5 cm³/mol. The quantitative estimate of drug-likeness (QED) is 0.896. The molecule has 2 nitrogen and oxygen atoms in total. The maximum absolute atomic E-state index is 13.5. The molecule has 0 bridgehead atoms. The van der Waals surface area contributed by atoms with E-state index in [9.17, 15) is 8.78 Å². The molecule has 1 fully saturated rings. The Bertz CT molecular complexity index is 426. The van der Waals surface area contributed by atoms with Crippen LogP contribution in [-0.4, -0.2) is 31.1 Å². The van der Waals surface area contributed by atoms with E-state index in [0.717, 1.165) is 38.2 Å². The van der Waals surface area contributed by atoms with Gasteiger partial charge in [0.1, 0.15) is 0 Å². The summed E-state index contributed by atoms with van der Waals surface area (Å²) in [6.45, 7) is 8.13. The summed E-state index contributed by atoms with van der Waals surface area (Å²) in [5.74, 6) is -1.10. The van der Waals surface area contributed by atoms with Gasteiger partial charge in [-0.1, -0.05) is 26.3 Å². The molecule has 0 saturated carbocycles. The number of hydrogen-bond donors (Lipinski definition) is 1. The van der Waals surface area contributed by atoms with Crippen LogP contribution in [0.4, 0.5) is 8.78 Å². The molecule has 1 aliphatic rings. The molecule has 0 amide bonds. The minimum absolute atomic E-state index is 0. The Kier molecular flexibility index (Phi) is 9.38. The Hall–Kier alpha value is -0.420. The van der Waals surface area contributed by atoms with Gasteiger partial charge >= 0.3 is 0 Å². The fourth-order valence-corrected chi connectivity index (χ4v) is 2.78. The molecule has 1 aromatic carbocycles. The molecule has 2 rings (SSSR count). The highest BCUT2D eigenvalue weighted by Crippen LogP contribution is 2.31. The molecule has 1 N–H and O–H groups in total. The Morgan fingerprint density at radius 1 is 1.14 bits per heavy atom. The minimum Gasteiger partial charge on any atom is -0.314 e. The van der Waals surface area contributed by atoms with Crippen LogP contribution in [0.1, 0.15) is 31.9 Å². The van der Waals surface area contributed by atoms with Crippen molar-refractivity contribution in [3.8, 4) is 0 Å². The van der Waals surface area contributed by atoms with Gasteiger partial charge in [-0.05, 0) is 23.6 Å². The van der Waals surface area contributed by atoms with Gasteiger partial charge in [0.05, 0.1) is 0 Å². The smallest absolute Gasteiger partial charge is 0.159 e. The summed E-state index contributed by atoms with van der Waals surface area (Å²) >= 11 is 0. The van der Waals surface area contributed by atoms with Crippen LogP contribution in [0.15, 0.2) is 18.2 Å². The van der Waals surface area contributed by atoms with Gasteiger partial charge in [0, 0.05) is 32.2 Å². The lowest BCUT2D eigenvalue weighted by Gasteiger charge is -2.38. The molecule has 0 aromatic heterocycles. The van der Waals surface area contributed by atoms with Crippen LogP contribution in [-0.2, 0) is 0 Å². The molecule has 0 radical (unpaired) electrons. The lowest BCUT2D eigenvalue weighted by Crippen LogP contribution is -2.46. The van der Waals surface area contributed by atoms with E-state index < -0.39 is 11.6 Å². The average molecular weight is 341 g/mol. The van der Waals surface area contributed by atoms with E-state index in [-0.39, 0.29) is 30.9 Å². The zero-order valence-electron chi connectivity index (χ0n) is 12.4. The highest BCUT2D eigenvalue weighted by molar-refractivity contribution is 5.85. The summed E-state index contributed by atoms with van der Waals surface area (Å²) in [7, 11) is 0. The zero-order valence-corrected chi connectivity index (χ0v) is 14.1. The molecule has 1 unspecified atom stereocenters. The Labute approximate surface area is 138 Å². The van der Waals surface area contributed by atoms with Crippen molar-refractivity contribution in [2.24, 2.45) is 5.92 Å². The number of hydrogen-bond acceptors (Lipinski definition) is 2. The van der Waals surface area contributed by atoms with Crippen LogP contribution in [0.25, 0.3) is 0 Å². The maximum Gasteiger partial charge on any atom is 0.159 e. The number of piperazine rings is 1. The average Bonchev–Trinajstić information content (AvgIpc) is 2.44. The van der Waals surface area contributed by atoms with E-state index in [1.54, 1.807) is 6.07 Å². The molecule has 122 valence electrons. The molecule has 2 atom stereocenters. The SMILES string of the molecule is CCC(C)[C@@H](c1ccc(F)c(F)c1)N1CCNCC1.Cl.Cl. The van der Waals surface area contributed by atoms with Gasteiger partial charge in [0.2, 0.25) is 0 Å². The number of nitrogens with one attached hydrogen (secondary N) is 1. The van der Waals surface area contributed by atoms with Crippen molar-refractivity contribution in [2.45, 2.75) is 26.3 Å². The molecule has 1 aliphatic heterocycles. The molecule has 0 aliphatic carbocycles. The van der Waals surface area contributed by atoms with Crippen LogP contribution < -0.4 is 5.32 Å². The Morgan fingerprint density at radius 2 is 1.76 bits per heavy atom. The normalized spacial score (nSPS) is 18.3. The molecule has 6 heteroatoms.